The van der Waals surface area contributed by atoms with Crippen molar-refractivity contribution >= 4 is 27.5 Å². The van der Waals surface area contributed by atoms with Crippen LogP contribution in [0.4, 0.5) is 0 Å². The van der Waals surface area contributed by atoms with Gasteiger partial charge in [-0.3, -0.25) is 0 Å². The highest BCUT2D eigenvalue weighted by Gasteiger charge is 2.00. The Bertz CT molecular complexity index is 528. The maximum Gasteiger partial charge on any atom is 0.115 e. The van der Waals surface area contributed by atoms with E-state index in [1.807, 2.05) is 30.3 Å². The second-order valence-electron chi connectivity index (χ2n) is 4.01. The van der Waals surface area contributed by atoms with Gasteiger partial charge in [0.2, 0.25) is 0 Å². The van der Waals surface area contributed by atoms with Gasteiger partial charge in [-0.25, -0.2) is 0 Å². The predicted octanol–water partition coefficient (Wildman–Crippen LogP) is 4.10. The Morgan fingerprint density at radius 2 is 1.78 bits per heavy atom. The smallest absolute Gasteiger partial charge is 0.115 e. The van der Waals surface area contributed by atoms with Crippen LogP contribution in [0, 0.1) is 0 Å². The van der Waals surface area contributed by atoms with E-state index in [1.165, 1.54) is 0 Å². The Labute approximate surface area is 120 Å². The lowest BCUT2D eigenvalue weighted by Crippen LogP contribution is -2.12. The van der Waals surface area contributed by atoms with Gasteiger partial charge in [0.05, 0.1) is 0 Å². The lowest BCUT2D eigenvalue weighted by molar-refractivity contribution is 0.475. The van der Waals surface area contributed by atoms with Crippen molar-refractivity contribution in [2.24, 2.45) is 0 Å². The molecule has 2 N–H and O–H groups in total. The molecule has 0 saturated carbocycles. The molecule has 0 radical (unpaired) electrons. The molecule has 4 heteroatoms. The molecular weight excluding hydrogens is 314 g/mol. The zero-order chi connectivity index (χ0) is 13.0. The van der Waals surface area contributed by atoms with Gasteiger partial charge >= 0.3 is 0 Å². The van der Waals surface area contributed by atoms with Gasteiger partial charge in [0.15, 0.2) is 0 Å². The second kappa shape index (κ2) is 6.23. The lowest BCUT2D eigenvalue weighted by atomic mass is 10.2. The first-order valence-electron chi connectivity index (χ1n) is 5.58. The molecule has 0 unspecified atom stereocenters. The number of hydrogen-bond acceptors (Lipinski definition) is 2. The van der Waals surface area contributed by atoms with Gasteiger partial charge in [0.25, 0.3) is 0 Å². The average molecular weight is 327 g/mol. The predicted molar refractivity (Wildman–Crippen MR) is 77.8 cm³/mol. The van der Waals surface area contributed by atoms with E-state index in [0.717, 1.165) is 33.7 Å². The van der Waals surface area contributed by atoms with E-state index in [4.69, 9.17) is 11.6 Å². The van der Waals surface area contributed by atoms with E-state index in [9.17, 15) is 5.11 Å². The Morgan fingerprint density at radius 1 is 1.06 bits per heavy atom. The van der Waals surface area contributed by atoms with Crippen molar-refractivity contribution in [2.45, 2.75) is 13.1 Å². The number of hydrogen-bond donors (Lipinski definition) is 2. The summed E-state index contributed by atoms with van der Waals surface area (Å²) in [6.07, 6.45) is 0. The number of halogens is 2. The van der Waals surface area contributed by atoms with Crippen LogP contribution < -0.4 is 5.32 Å². The van der Waals surface area contributed by atoms with E-state index in [0.29, 0.717) is 5.75 Å². The first kappa shape index (κ1) is 13.4. The fourth-order valence-electron chi connectivity index (χ4n) is 1.62. The van der Waals surface area contributed by atoms with Crippen molar-refractivity contribution in [2.75, 3.05) is 0 Å². The Balaban J connectivity index is 1.90. The summed E-state index contributed by atoms with van der Waals surface area (Å²) >= 11 is 9.37. The topological polar surface area (TPSA) is 32.3 Å². The van der Waals surface area contributed by atoms with E-state index in [-0.39, 0.29) is 0 Å². The number of rotatable bonds is 4. The molecule has 2 rings (SSSR count). The SMILES string of the molecule is Oc1ccc(CNCc2ccc(Cl)cc2Br)cc1. The summed E-state index contributed by atoms with van der Waals surface area (Å²) in [6.45, 7) is 1.52. The number of phenolic OH excluding ortho intramolecular Hbond substituents is 1. The van der Waals surface area contributed by atoms with Crippen molar-refractivity contribution in [1.29, 1.82) is 0 Å². The normalized spacial score (nSPS) is 10.6. The summed E-state index contributed by atoms with van der Waals surface area (Å²) in [5.74, 6) is 0.291. The Hall–Kier alpha value is -1.03. The number of benzene rings is 2. The van der Waals surface area contributed by atoms with E-state index >= 15 is 0 Å². The van der Waals surface area contributed by atoms with Crippen LogP contribution >= 0.6 is 27.5 Å². The summed E-state index contributed by atoms with van der Waals surface area (Å²) in [7, 11) is 0. The third kappa shape index (κ3) is 3.73. The molecule has 0 bridgehead atoms. The fourth-order valence-corrected chi connectivity index (χ4v) is 2.44. The molecule has 0 atom stereocenters. The summed E-state index contributed by atoms with van der Waals surface area (Å²) in [5, 5.41) is 13.3. The minimum absolute atomic E-state index is 0.291. The first-order chi connectivity index (χ1) is 8.65. The van der Waals surface area contributed by atoms with Gasteiger partial charge in [0.1, 0.15) is 5.75 Å². The molecule has 0 fully saturated rings. The molecule has 0 heterocycles. The van der Waals surface area contributed by atoms with Crippen LogP contribution in [0.3, 0.4) is 0 Å². The molecule has 0 aliphatic rings. The molecule has 0 saturated heterocycles. The third-order valence-electron chi connectivity index (χ3n) is 2.60. The third-order valence-corrected chi connectivity index (χ3v) is 3.57. The monoisotopic (exact) mass is 325 g/mol. The van der Waals surface area contributed by atoms with Crippen molar-refractivity contribution in [3.63, 3.8) is 0 Å². The fraction of sp³-hybridized carbons (Fsp3) is 0.143. The minimum atomic E-state index is 0.291. The van der Waals surface area contributed by atoms with Crippen LogP contribution in [0.5, 0.6) is 5.75 Å². The highest BCUT2D eigenvalue weighted by atomic mass is 79.9. The highest BCUT2D eigenvalue weighted by Crippen LogP contribution is 2.21. The highest BCUT2D eigenvalue weighted by molar-refractivity contribution is 9.10. The van der Waals surface area contributed by atoms with Crippen LogP contribution in [0.15, 0.2) is 46.9 Å². The van der Waals surface area contributed by atoms with Gasteiger partial charge in [-0.1, -0.05) is 45.7 Å². The van der Waals surface area contributed by atoms with Crippen molar-refractivity contribution in [3.05, 3.63) is 63.1 Å². The van der Waals surface area contributed by atoms with Crippen LogP contribution in [0.25, 0.3) is 0 Å². The van der Waals surface area contributed by atoms with Crippen molar-refractivity contribution < 1.29 is 5.11 Å². The molecule has 2 nitrogen and oxygen atoms in total. The van der Waals surface area contributed by atoms with Crippen LogP contribution in [-0.2, 0) is 13.1 Å². The molecule has 0 aliphatic heterocycles. The first-order valence-corrected chi connectivity index (χ1v) is 6.75. The summed E-state index contributed by atoms with van der Waals surface area (Å²) < 4.78 is 1.01. The minimum Gasteiger partial charge on any atom is -0.508 e. The molecule has 0 aliphatic carbocycles. The quantitative estimate of drug-likeness (QED) is 0.886. The van der Waals surface area contributed by atoms with Gasteiger partial charge in [-0.05, 0) is 35.4 Å². The van der Waals surface area contributed by atoms with E-state index in [2.05, 4.69) is 21.2 Å². The summed E-state index contributed by atoms with van der Waals surface area (Å²) in [4.78, 5) is 0. The molecule has 2 aromatic rings. The van der Waals surface area contributed by atoms with Gasteiger partial charge in [0, 0.05) is 22.6 Å². The summed E-state index contributed by atoms with van der Waals surface area (Å²) in [6, 6.07) is 12.9. The van der Waals surface area contributed by atoms with Gasteiger partial charge in [-0.15, -0.1) is 0 Å². The van der Waals surface area contributed by atoms with Crippen molar-refractivity contribution in [3.8, 4) is 5.75 Å². The largest absolute Gasteiger partial charge is 0.508 e. The molecule has 94 valence electrons. The zero-order valence-corrected chi connectivity index (χ0v) is 12.0. The molecule has 2 aromatic carbocycles. The lowest BCUT2D eigenvalue weighted by Gasteiger charge is -2.07. The van der Waals surface area contributed by atoms with E-state index in [1.54, 1.807) is 12.1 Å². The average Bonchev–Trinajstić information content (AvgIpc) is 2.34. The molecule has 0 spiro atoms. The molecule has 0 aromatic heterocycles. The van der Waals surface area contributed by atoms with Crippen LogP contribution in [0.1, 0.15) is 11.1 Å². The number of nitrogens with one attached hydrogen (secondary N) is 1. The Kier molecular flexibility index (Phi) is 4.64. The van der Waals surface area contributed by atoms with Crippen LogP contribution in [-0.4, -0.2) is 5.11 Å². The number of phenols is 1. The zero-order valence-electron chi connectivity index (χ0n) is 9.66. The van der Waals surface area contributed by atoms with Crippen molar-refractivity contribution in [1.82, 2.24) is 5.32 Å². The standard InChI is InChI=1S/C14H13BrClNO/c15-14-7-12(16)4-3-11(14)9-17-8-10-1-5-13(18)6-2-10/h1-7,17-18H,8-9H2. The molecule has 0 amide bonds. The Morgan fingerprint density at radius 3 is 2.44 bits per heavy atom. The second-order valence-corrected chi connectivity index (χ2v) is 5.30. The maximum absolute atomic E-state index is 9.18. The van der Waals surface area contributed by atoms with E-state index < -0.39 is 0 Å². The molecular formula is C14H13BrClNO. The number of aromatic hydroxyl groups is 1. The molecule has 18 heavy (non-hydrogen) atoms. The summed E-state index contributed by atoms with van der Waals surface area (Å²) in [5.41, 5.74) is 2.30. The van der Waals surface area contributed by atoms with Gasteiger partial charge in [-0.2, -0.15) is 0 Å². The van der Waals surface area contributed by atoms with Crippen LogP contribution in [0.2, 0.25) is 5.02 Å². The van der Waals surface area contributed by atoms with Gasteiger partial charge < -0.3 is 10.4 Å². The maximum atomic E-state index is 9.18.